The van der Waals surface area contributed by atoms with E-state index in [-0.39, 0.29) is 0 Å². The van der Waals surface area contributed by atoms with Gasteiger partial charge in [-0.2, -0.15) is 0 Å². The number of hydrogen-bond acceptors (Lipinski definition) is 1. The fraction of sp³-hybridized carbons (Fsp3) is 0.727. The molecule has 0 bridgehead atoms. The van der Waals surface area contributed by atoms with E-state index in [1.54, 1.807) is 6.20 Å². The van der Waals surface area contributed by atoms with E-state index >= 15 is 0 Å². The van der Waals surface area contributed by atoms with E-state index in [4.69, 9.17) is 11.6 Å². The summed E-state index contributed by atoms with van der Waals surface area (Å²) in [4.78, 5) is 4.44. The molecule has 1 aromatic heterocycles. The predicted octanol–water partition coefficient (Wildman–Crippen LogP) is 3.60. The quantitative estimate of drug-likeness (QED) is 0.733. The zero-order chi connectivity index (χ0) is 9.97. The maximum absolute atomic E-state index is 6.06. The number of halogens is 1. The lowest BCUT2D eigenvalue weighted by molar-refractivity contribution is 0.417. The van der Waals surface area contributed by atoms with Gasteiger partial charge in [0.1, 0.15) is 11.0 Å². The molecule has 14 heavy (non-hydrogen) atoms. The third-order valence-electron chi connectivity index (χ3n) is 3.12. The van der Waals surface area contributed by atoms with E-state index in [1.807, 2.05) is 0 Å². The summed E-state index contributed by atoms with van der Waals surface area (Å²) in [5.74, 6) is 1.86. The molecule has 1 saturated carbocycles. The van der Waals surface area contributed by atoms with Crippen molar-refractivity contribution in [3.8, 4) is 0 Å². The number of nitrogens with zero attached hydrogens (tertiary/aromatic N) is 2. The molecule has 0 amide bonds. The largest absolute Gasteiger partial charge is 0.319 e. The van der Waals surface area contributed by atoms with E-state index < -0.39 is 0 Å². The fourth-order valence-electron chi connectivity index (χ4n) is 2.37. The molecule has 2 nitrogen and oxygen atoms in total. The molecule has 2 rings (SSSR count). The minimum atomic E-state index is 0.649. The second-order valence-electron chi connectivity index (χ2n) is 4.02. The summed E-state index contributed by atoms with van der Waals surface area (Å²) in [6.07, 6.45) is 8.43. The second-order valence-corrected chi connectivity index (χ2v) is 4.41. The molecule has 1 heterocycles. The Morgan fingerprint density at radius 3 is 2.79 bits per heavy atom. The van der Waals surface area contributed by atoms with Crippen LogP contribution in [0, 0.1) is 0 Å². The number of imidazole rings is 1. The smallest absolute Gasteiger partial charge is 0.128 e. The van der Waals surface area contributed by atoms with Gasteiger partial charge in [-0.1, -0.05) is 30.9 Å². The number of hydrogen-bond donors (Lipinski definition) is 0. The average molecular weight is 213 g/mol. The Morgan fingerprint density at radius 2 is 2.14 bits per heavy atom. The number of rotatable bonds is 2. The lowest BCUT2D eigenvalue weighted by atomic mass is 9.89. The molecule has 0 N–H and O–H groups in total. The summed E-state index contributed by atoms with van der Waals surface area (Å²) < 4.78 is 2.14. The third kappa shape index (κ3) is 1.81. The van der Waals surface area contributed by atoms with Crippen molar-refractivity contribution in [2.45, 2.75) is 51.5 Å². The SMILES string of the molecule is CCn1c(Cl)cnc1C1CCCCC1. The number of aromatic nitrogens is 2. The van der Waals surface area contributed by atoms with E-state index in [0.717, 1.165) is 11.7 Å². The van der Waals surface area contributed by atoms with Gasteiger partial charge in [-0.25, -0.2) is 4.98 Å². The zero-order valence-electron chi connectivity index (χ0n) is 8.67. The molecule has 1 aromatic rings. The first-order valence-electron chi connectivity index (χ1n) is 5.54. The molecular formula is C11H17ClN2. The third-order valence-corrected chi connectivity index (χ3v) is 3.43. The Hall–Kier alpha value is -0.500. The van der Waals surface area contributed by atoms with Gasteiger partial charge in [-0.15, -0.1) is 0 Å². The predicted molar refractivity (Wildman–Crippen MR) is 58.7 cm³/mol. The Bertz CT molecular complexity index is 300. The maximum atomic E-state index is 6.06. The van der Waals surface area contributed by atoms with Crippen LogP contribution >= 0.6 is 11.6 Å². The van der Waals surface area contributed by atoms with Crippen molar-refractivity contribution in [1.82, 2.24) is 9.55 Å². The van der Waals surface area contributed by atoms with Crippen molar-refractivity contribution in [3.63, 3.8) is 0 Å². The Kier molecular flexibility index (Phi) is 3.12. The van der Waals surface area contributed by atoms with Crippen LogP contribution in [0.3, 0.4) is 0 Å². The van der Waals surface area contributed by atoms with Crippen LogP contribution in [-0.2, 0) is 6.54 Å². The molecule has 3 heteroatoms. The Labute approximate surface area is 90.3 Å². The van der Waals surface area contributed by atoms with Crippen LogP contribution in [0.1, 0.15) is 50.8 Å². The summed E-state index contributed by atoms with van der Waals surface area (Å²) in [5, 5.41) is 0.785. The lowest BCUT2D eigenvalue weighted by Gasteiger charge is -2.21. The highest BCUT2D eigenvalue weighted by Gasteiger charge is 2.20. The summed E-state index contributed by atoms with van der Waals surface area (Å²) in [6.45, 7) is 3.06. The molecule has 78 valence electrons. The Balaban J connectivity index is 2.21. The highest BCUT2D eigenvalue weighted by molar-refractivity contribution is 6.29. The van der Waals surface area contributed by atoms with Crippen molar-refractivity contribution in [1.29, 1.82) is 0 Å². The van der Waals surface area contributed by atoms with Crippen molar-refractivity contribution < 1.29 is 0 Å². The van der Waals surface area contributed by atoms with Gasteiger partial charge in [-0.05, 0) is 19.8 Å². The topological polar surface area (TPSA) is 17.8 Å². The van der Waals surface area contributed by atoms with E-state index in [0.29, 0.717) is 5.92 Å². The highest BCUT2D eigenvalue weighted by atomic mass is 35.5. The van der Waals surface area contributed by atoms with Crippen molar-refractivity contribution >= 4 is 11.6 Å². The lowest BCUT2D eigenvalue weighted by Crippen LogP contribution is -2.11. The van der Waals surface area contributed by atoms with Crippen LogP contribution in [0.15, 0.2) is 6.20 Å². The normalized spacial score (nSPS) is 18.7. The Morgan fingerprint density at radius 1 is 1.43 bits per heavy atom. The first-order chi connectivity index (χ1) is 6.83. The van der Waals surface area contributed by atoms with Crippen LogP contribution < -0.4 is 0 Å². The van der Waals surface area contributed by atoms with E-state index in [2.05, 4.69) is 16.5 Å². The minimum absolute atomic E-state index is 0.649. The minimum Gasteiger partial charge on any atom is -0.319 e. The van der Waals surface area contributed by atoms with E-state index in [9.17, 15) is 0 Å². The molecule has 0 spiro atoms. The summed E-state index contributed by atoms with van der Waals surface area (Å²) >= 11 is 6.06. The monoisotopic (exact) mass is 212 g/mol. The van der Waals surface area contributed by atoms with Gasteiger partial charge in [0.25, 0.3) is 0 Å². The summed E-state index contributed by atoms with van der Waals surface area (Å²) in [7, 11) is 0. The van der Waals surface area contributed by atoms with E-state index in [1.165, 1.54) is 37.9 Å². The maximum Gasteiger partial charge on any atom is 0.128 e. The van der Waals surface area contributed by atoms with Crippen molar-refractivity contribution in [2.24, 2.45) is 0 Å². The average Bonchev–Trinajstić information content (AvgIpc) is 2.61. The molecule has 0 unspecified atom stereocenters. The first kappa shape index (κ1) is 10.0. The fourth-order valence-corrected chi connectivity index (χ4v) is 2.62. The van der Waals surface area contributed by atoms with Gasteiger partial charge in [0.05, 0.1) is 6.20 Å². The van der Waals surface area contributed by atoms with Crippen LogP contribution in [-0.4, -0.2) is 9.55 Å². The summed E-state index contributed by atoms with van der Waals surface area (Å²) in [6, 6.07) is 0. The second kappa shape index (κ2) is 4.35. The molecule has 1 aliphatic rings. The molecule has 0 aromatic carbocycles. The van der Waals surface area contributed by atoms with Gasteiger partial charge in [0.2, 0.25) is 0 Å². The van der Waals surface area contributed by atoms with Crippen molar-refractivity contribution in [2.75, 3.05) is 0 Å². The molecule has 0 radical (unpaired) electrons. The molecular weight excluding hydrogens is 196 g/mol. The zero-order valence-corrected chi connectivity index (χ0v) is 9.43. The highest BCUT2D eigenvalue weighted by Crippen LogP contribution is 2.32. The molecule has 1 aliphatic carbocycles. The van der Waals surface area contributed by atoms with Crippen LogP contribution in [0.25, 0.3) is 0 Å². The standard InChI is InChI=1S/C11H17ClN2/c1-2-14-10(12)8-13-11(14)9-6-4-3-5-7-9/h8-9H,2-7H2,1H3. The summed E-state index contributed by atoms with van der Waals surface area (Å²) in [5.41, 5.74) is 0. The molecule has 1 fully saturated rings. The van der Waals surface area contributed by atoms with Crippen LogP contribution in [0.5, 0.6) is 0 Å². The van der Waals surface area contributed by atoms with Gasteiger partial charge >= 0.3 is 0 Å². The van der Waals surface area contributed by atoms with Crippen LogP contribution in [0.2, 0.25) is 5.15 Å². The van der Waals surface area contributed by atoms with Gasteiger partial charge in [0, 0.05) is 12.5 Å². The van der Waals surface area contributed by atoms with Crippen LogP contribution in [0.4, 0.5) is 0 Å². The first-order valence-corrected chi connectivity index (χ1v) is 5.91. The van der Waals surface area contributed by atoms with Gasteiger partial charge < -0.3 is 4.57 Å². The van der Waals surface area contributed by atoms with Crippen molar-refractivity contribution in [3.05, 3.63) is 17.2 Å². The molecule has 0 atom stereocenters. The van der Waals surface area contributed by atoms with Gasteiger partial charge in [0.15, 0.2) is 0 Å². The molecule has 0 saturated heterocycles. The molecule has 0 aliphatic heterocycles. The van der Waals surface area contributed by atoms with Gasteiger partial charge in [-0.3, -0.25) is 0 Å².